The Morgan fingerprint density at radius 1 is 1.62 bits per heavy atom. The zero-order chi connectivity index (χ0) is 12.2. The Bertz CT molecular complexity index is 361. The molecule has 1 heterocycles. The molecule has 92 valence electrons. The first-order valence-corrected chi connectivity index (χ1v) is 7.12. The summed E-state index contributed by atoms with van der Waals surface area (Å²) in [4.78, 5) is 0. The van der Waals surface area contributed by atoms with Gasteiger partial charge in [-0.2, -0.15) is 9.57 Å². The maximum absolute atomic E-state index is 12.1. The highest BCUT2D eigenvalue weighted by molar-refractivity contribution is 7.90. The summed E-state index contributed by atoms with van der Waals surface area (Å²) in [6, 6.07) is 2.08. The van der Waals surface area contributed by atoms with Crippen molar-refractivity contribution in [2.45, 2.75) is 37.5 Å². The predicted octanol–water partition coefficient (Wildman–Crippen LogP) is 0.302. The van der Waals surface area contributed by atoms with E-state index in [0.717, 1.165) is 12.8 Å². The topological polar surface area (TPSA) is 73.2 Å². The third-order valence-corrected chi connectivity index (χ3v) is 5.24. The van der Waals surface area contributed by atoms with E-state index in [-0.39, 0.29) is 6.04 Å². The second kappa shape index (κ2) is 5.62. The van der Waals surface area contributed by atoms with Gasteiger partial charge in [0.25, 0.3) is 0 Å². The maximum atomic E-state index is 12.1. The van der Waals surface area contributed by atoms with Crippen LogP contribution in [-0.2, 0) is 10.0 Å². The number of nitriles is 1. The number of hydrogen-bond acceptors (Lipinski definition) is 4. The van der Waals surface area contributed by atoms with Crippen LogP contribution in [0.2, 0.25) is 0 Å². The van der Waals surface area contributed by atoms with Crippen molar-refractivity contribution in [1.82, 2.24) is 9.62 Å². The van der Waals surface area contributed by atoms with Crippen LogP contribution in [0.1, 0.15) is 26.2 Å². The van der Waals surface area contributed by atoms with Gasteiger partial charge in [-0.1, -0.05) is 6.92 Å². The molecule has 16 heavy (non-hydrogen) atoms. The minimum absolute atomic E-state index is 0.208. The van der Waals surface area contributed by atoms with E-state index in [1.54, 1.807) is 6.92 Å². The van der Waals surface area contributed by atoms with E-state index in [0.29, 0.717) is 19.5 Å². The lowest BCUT2D eigenvalue weighted by Gasteiger charge is -2.32. The van der Waals surface area contributed by atoms with Crippen LogP contribution in [0.4, 0.5) is 0 Å². The molecule has 1 fully saturated rings. The van der Waals surface area contributed by atoms with Crippen molar-refractivity contribution < 1.29 is 8.42 Å². The summed E-state index contributed by atoms with van der Waals surface area (Å²) in [6.07, 6.45) is 2.19. The van der Waals surface area contributed by atoms with E-state index < -0.39 is 15.3 Å². The molecule has 1 N–H and O–H groups in total. The Balaban J connectivity index is 2.80. The fourth-order valence-corrected chi connectivity index (χ4v) is 3.64. The van der Waals surface area contributed by atoms with Crippen molar-refractivity contribution in [3.63, 3.8) is 0 Å². The zero-order valence-electron chi connectivity index (χ0n) is 9.81. The fraction of sp³-hybridized carbons (Fsp3) is 0.900. The molecule has 0 amide bonds. The molecule has 1 aliphatic rings. The summed E-state index contributed by atoms with van der Waals surface area (Å²) in [5.74, 6) is 0. The number of nitrogens with one attached hydrogen (secondary N) is 1. The SMILES string of the molecule is CCC(C#N)S(=O)(=O)N1CCCC(NC)C1. The van der Waals surface area contributed by atoms with Gasteiger partial charge in [0.15, 0.2) is 5.25 Å². The molecule has 0 aliphatic carbocycles. The summed E-state index contributed by atoms with van der Waals surface area (Å²) in [5.41, 5.74) is 0. The Morgan fingerprint density at radius 3 is 2.81 bits per heavy atom. The van der Waals surface area contributed by atoms with Crippen molar-refractivity contribution in [3.8, 4) is 6.07 Å². The highest BCUT2D eigenvalue weighted by Crippen LogP contribution is 2.18. The lowest BCUT2D eigenvalue weighted by atomic mass is 10.1. The predicted molar refractivity (Wildman–Crippen MR) is 62.3 cm³/mol. The molecule has 0 aromatic carbocycles. The summed E-state index contributed by atoms with van der Waals surface area (Å²) >= 11 is 0. The standard InChI is InChI=1S/C10H19N3O2S/c1-3-10(7-11)16(14,15)13-6-4-5-9(8-13)12-2/h9-10,12H,3-6,8H2,1-2H3. The number of piperidine rings is 1. The van der Waals surface area contributed by atoms with E-state index in [2.05, 4.69) is 5.32 Å². The van der Waals surface area contributed by atoms with Gasteiger partial charge in [0.1, 0.15) is 0 Å². The molecule has 1 aliphatic heterocycles. The molecule has 0 bridgehead atoms. The number of likely N-dealkylation sites (N-methyl/N-ethyl adjacent to an activating group) is 1. The minimum Gasteiger partial charge on any atom is -0.316 e. The Kier molecular flexibility index (Phi) is 4.71. The van der Waals surface area contributed by atoms with Gasteiger partial charge in [0.05, 0.1) is 6.07 Å². The molecule has 0 spiro atoms. The quantitative estimate of drug-likeness (QED) is 0.773. The largest absolute Gasteiger partial charge is 0.316 e. The molecule has 1 rings (SSSR count). The van der Waals surface area contributed by atoms with Gasteiger partial charge in [-0.25, -0.2) is 8.42 Å². The van der Waals surface area contributed by atoms with Gasteiger partial charge in [-0.15, -0.1) is 0 Å². The van der Waals surface area contributed by atoms with Crippen LogP contribution in [0.3, 0.4) is 0 Å². The van der Waals surface area contributed by atoms with Gasteiger partial charge in [0.2, 0.25) is 10.0 Å². The molecule has 2 atom stereocenters. The average Bonchev–Trinajstić information content (AvgIpc) is 2.30. The minimum atomic E-state index is -3.44. The monoisotopic (exact) mass is 245 g/mol. The van der Waals surface area contributed by atoms with Gasteiger partial charge in [-0.05, 0) is 26.3 Å². The van der Waals surface area contributed by atoms with Crippen molar-refractivity contribution in [1.29, 1.82) is 5.26 Å². The summed E-state index contributed by atoms with van der Waals surface area (Å²) in [6.45, 7) is 2.75. The Hall–Kier alpha value is -0.640. The molecule has 5 nitrogen and oxygen atoms in total. The Morgan fingerprint density at radius 2 is 2.31 bits per heavy atom. The van der Waals surface area contributed by atoms with Crippen LogP contribution >= 0.6 is 0 Å². The first-order chi connectivity index (χ1) is 7.56. The molecule has 0 saturated carbocycles. The molecular formula is C10H19N3O2S. The maximum Gasteiger partial charge on any atom is 0.230 e. The van der Waals surface area contributed by atoms with Gasteiger partial charge in [-0.3, -0.25) is 0 Å². The van der Waals surface area contributed by atoms with Crippen LogP contribution in [0, 0.1) is 11.3 Å². The van der Waals surface area contributed by atoms with E-state index >= 15 is 0 Å². The highest BCUT2D eigenvalue weighted by atomic mass is 32.2. The second-order valence-corrected chi connectivity index (χ2v) is 6.17. The third kappa shape index (κ3) is 2.73. The van der Waals surface area contributed by atoms with E-state index in [1.807, 2.05) is 13.1 Å². The van der Waals surface area contributed by atoms with E-state index in [1.165, 1.54) is 4.31 Å². The van der Waals surface area contributed by atoms with Crippen molar-refractivity contribution in [3.05, 3.63) is 0 Å². The number of sulfonamides is 1. The van der Waals surface area contributed by atoms with Crippen LogP contribution in [0.25, 0.3) is 0 Å². The number of hydrogen-bond donors (Lipinski definition) is 1. The summed E-state index contributed by atoms with van der Waals surface area (Å²) in [7, 11) is -1.60. The number of nitrogens with zero attached hydrogens (tertiary/aromatic N) is 2. The van der Waals surface area contributed by atoms with Crippen molar-refractivity contribution in [2.75, 3.05) is 20.1 Å². The summed E-state index contributed by atoms with van der Waals surface area (Å²) in [5, 5.41) is 11.0. The van der Waals surface area contributed by atoms with Gasteiger partial charge >= 0.3 is 0 Å². The van der Waals surface area contributed by atoms with E-state index in [9.17, 15) is 8.42 Å². The molecule has 0 aromatic rings. The normalized spacial score (nSPS) is 24.9. The lowest BCUT2D eigenvalue weighted by Crippen LogP contribution is -2.49. The van der Waals surface area contributed by atoms with E-state index in [4.69, 9.17) is 5.26 Å². The van der Waals surface area contributed by atoms with Crippen LogP contribution < -0.4 is 5.32 Å². The molecule has 2 unspecified atom stereocenters. The molecule has 6 heteroatoms. The Labute approximate surface area is 97.5 Å². The first-order valence-electron chi connectivity index (χ1n) is 5.62. The van der Waals surface area contributed by atoms with Crippen LogP contribution in [0.5, 0.6) is 0 Å². The third-order valence-electron chi connectivity index (χ3n) is 3.03. The second-order valence-electron chi connectivity index (χ2n) is 4.06. The van der Waals surface area contributed by atoms with Crippen LogP contribution in [0.15, 0.2) is 0 Å². The van der Waals surface area contributed by atoms with Crippen molar-refractivity contribution >= 4 is 10.0 Å². The van der Waals surface area contributed by atoms with Gasteiger partial charge < -0.3 is 5.32 Å². The highest BCUT2D eigenvalue weighted by Gasteiger charge is 2.33. The lowest BCUT2D eigenvalue weighted by molar-refractivity contribution is 0.291. The first kappa shape index (κ1) is 13.4. The smallest absolute Gasteiger partial charge is 0.230 e. The number of rotatable bonds is 4. The van der Waals surface area contributed by atoms with Gasteiger partial charge in [0, 0.05) is 19.1 Å². The zero-order valence-corrected chi connectivity index (χ0v) is 10.6. The fourth-order valence-electron chi connectivity index (χ4n) is 1.96. The summed E-state index contributed by atoms with van der Waals surface area (Å²) < 4.78 is 25.6. The van der Waals surface area contributed by atoms with Crippen molar-refractivity contribution in [2.24, 2.45) is 0 Å². The molecule has 1 saturated heterocycles. The molecule has 0 radical (unpaired) electrons. The van der Waals surface area contributed by atoms with Crippen LogP contribution in [-0.4, -0.2) is 44.2 Å². The molecule has 0 aromatic heterocycles. The average molecular weight is 245 g/mol. The molecular weight excluding hydrogens is 226 g/mol.